The van der Waals surface area contributed by atoms with Crippen molar-refractivity contribution in [3.05, 3.63) is 0 Å². The van der Waals surface area contributed by atoms with E-state index >= 15 is 0 Å². The zero-order valence-electron chi connectivity index (χ0n) is 5.24. The minimum atomic E-state index is -1.44. The van der Waals surface area contributed by atoms with E-state index in [1.54, 1.807) is 0 Å². The molecule has 2 N–H and O–H groups in total. The summed E-state index contributed by atoms with van der Waals surface area (Å²) in [6, 6.07) is 0. The van der Waals surface area contributed by atoms with E-state index in [2.05, 4.69) is 0 Å². The third-order valence-corrected chi connectivity index (χ3v) is 0.258. The van der Waals surface area contributed by atoms with Crippen LogP contribution in [0.25, 0.3) is 0 Å². The molecule has 0 bridgehead atoms. The normalized spacial score (nSPS) is 6.73. The molecule has 0 saturated carbocycles. The van der Waals surface area contributed by atoms with Crippen LogP contribution in [0.3, 0.4) is 0 Å². The van der Waals surface area contributed by atoms with Crippen LogP contribution in [-0.2, 0) is 26.7 Å². The molecule has 0 unspecified atom stereocenters. The zero-order chi connectivity index (χ0) is 8.57. The number of carbonyl (C=O) groups is 2. The molecule has 0 amide bonds. The Hall–Kier alpha value is -0.621. The Bertz CT molecular complexity index is 99.1. The molecule has 71 valence electrons. The van der Waals surface area contributed by atoms with Crippen molar-refractivity contribution in [1.82, 2.24) is 0 Å². The van der Waals surface area contributed by atoms with E-state index < -0.39 is 25.2 Å². The van der Waals surface area contributed by atoms with Crippen molar-refractivity contribution < 1.29 is 47.1 Å². The second-order valence-corrected chi connectivity index (χ2v) is 1.06. The molecule has 1 radical (unpaired) electrons. The summed E-state index contributed by atoms with van der Waals surface area (Å²) < 4.78 is 0. The molecule has 0 aromatic rings. The molecule has 0 aromatic carbocycles. The third-order valence-electron chi connectivity index (χ3n) is 0.258. The maximum Gasteiger partial charge on any atom is 0.0826 e. The second-order valence-electron chi connectivity index (χ2n) is 1.06. The molecule has 0 fully saturated rings. The Kier molecular flexibility index (Phi) is 18.4. The molecule has 0 atom stereocenters. The van der Waals surface area contributed by atoms with Gasteiger partial charge in [0.1, 0.15) is 0 Å². The first-order valence-corrected chi connectivity index (χ1v) is 2.16. The summed E-state index contributed by atoms with van der Waals surface area (Å²) >= 11 is 0. The first kappa shape index (κ1) is 16.8. The van der Waals surface area contributed by atoms with Crippen molar-refractivity contribution in [3.63, 3.8) is 0 Å². The molecule has 0 aliphatic carbocycles. The standard InChI is InChI=1S/2C2H4O3.Cu/c2*3-1-2(4)5;/h2*3H,1H2,(H,4,5);/p-2. The topological polar surface area (TPSA) is 121 Å². The molecule has 0 aliphatic rings. The van der Waals surface area contributed by atoms with Gasteiger partial charge in [0.25, 0.3) is 0 Å². The molecule has 0 aromatic heterocycles. The Morgan fingerprint density at radius 3 is 1.09 bits per heavy atom. The zero-order valence-corrected chi connectivity index (χ0v) is 6.18. The molecule has 6 nitrogen and oxygen atoms in total. The van der Waals surface area contributed by atoms with Crippen molar-refractivity contribution in [1.29, 1.82) is 0 Å². The van der Waals surface area contributed by atoms with Gasteiger partial charge in [-0.3, -0.25) is 0 Å². The third kappa shape index (κ3) is 44.7. The Morgan fingerprint density at radius 2 is 1.09 bits per heavy atom. The fourth-order valence-corrected chi connectivity index (χ4v) is 0. The van der Waals surface area contributed by atoms with Gasteiger partial charge in [-0.15, -0.1) is 0 Å². The molecule has 0 rings (SSSR count). The Morgan fingerprint density at radius 1 is 1.00 bits per heavy atom. The van der Waals surface area contributed by atoms with Crippen LogP contribution in [0, 0.1) is 0 Å². The van der Waals surface area contributed by atoms with Crippen LogP contribution in [0.4, 0.5) is 0 Å². The van der Waals surface area contributed by atoms with E-state index in [0.29, 0.717) is 0 Å². The van der Waals surface area contributed by atoms with Crippen LogP contribution >= 0.6 is 0 Å². The van der Waals surface area contributed by atoms with Crippen molar-refractivity contribution in [2.45, 2.75) is 0 Å². The second kappa shape index (κ2) is 12.1. The SMILES string of the molecule is O=C([O-])CO.O=C([O-])CO.[Cu]. The quantitative estimate of drug-likeness (QED) is 0.446. The van der Waals surface area contributed by atoms with E-state index in [4.69, 9.17) is 30.0 Å². The number of hydrogen-bond donors (Lipinski definition) is 2. The molecule has 0 heterocycles. The number of aliphatic hydroxyl groups excluding tert-OH is 2. The van der Waals surface area contributed by atoms with Gasteiger partial charge in [0.15, 0.2) is 0 Å². The Balaban J connectivity index is -0.000000107. The average Bonchev–Trinajstić information content (AvgIpc) is 1.89. The number of rotatable bonds is 2. The summed E-state index contributed by atoms with van der Waals surface area (Å²) in [4.78, 5) is 18.0. The number of carboxylic acids is 2. The number of aliphatic hydroxyl groups is 2. The summed E-state index contributed by atoms with van der Waals surface area (Å²) in [5, 5.41) is 33.0. The monoisotopic (exact) mass is 213 g/mol. The van der Waals surface area contributed by atoms with Gasteiger partial charge in [-0.25, -0.2) is 0 Å². The van der Waals surface area contributed by atoms with Crippen molar-refractivity contribution in [2.75, 3.05) is 13.2 Å². The fraction of sp³-hybridized carbons (Fsp3) is 0.500. The van der Waals surface area contributed by atoms with Gasteiger partial charge in [-0.2, -0.15) is 0 Å². The van der Waals surface area contributed by atoms with Gasteiger partial charge >= 0.3 is 0 Å². The number of aliphatic carboxylic acids is 2. The minimum absolute atomic E-state index is 0. The summed E-state index contributed by atoms with van der Waals surface area (Å²) in [5.41, 5.74) is 0. The molecule has 11 heavy (non-hydrogen) atoms. The van der Waals surface area contributed by atoms with E-state index in [-0.39, 0.29) is 17.1 Å². The van der Waals surface area contributed by atoms with Gasteiger partial charge in [-0.1, -0.05) is 0 Å². The summed E-state index contributed by atoms with van der Waals surface area (Å²) in [6.07, 6.45) is 0. The summed E-state index contributed by atoms with van der Waals surface area (Å²) in [7, 11) is 0. The number of carbonyl (C=O) groups excluding carboxylic acids is 2. The maximum atomic E-state index is 9.01. The van der Waals surface area contributed by atoms with E-state index in [1.807, 2.05) is 0 Å². The summed E-state index contributed by atoms with van der Waals surface area (Å²) in [5.74, 6) is -2.88. The van der Waals surface area contributed by atoms with Gasteiger partial charge in [-0.05, 0) is 0 Å². The van der Waals surface area contributed by atoms with Crippen LogP contribution in [0.1, 0.15) is 0 Å². The largest absolute Gasteiger partial charge is 0.548 e. The van der Waals surface area contributed by atoms with E-state index in [0.717, 1.165) is 0 Å². The van der Waals surface area contributed by atoms with Crippen molar-refractivity contribution >= 4 is 11.9 Å². The predicted molar refractivity (Wildman–Crippen MR) is 24.2 cm³/mol. The smallest absolute Gasteiger partial charge is 0.0826 e. The average molecular weight is 214 g/mol. The van der Waals surface area contributed by atoms with Crippen LogP contribution in [0.2, 0.25) is 0 Å². The van der Waals surface area contributed by atoms with Crippen molar-refractivity contribution in [2.24, 2.45) is 0 Å². The minimum Gasteiger partial charge on any atom is -0.548 e. The predicted octanol–water partition coefficient (Wildman–Crippen LogP) is -4.55. The van der Waals surface area contributed by atoms with Crippen molar-refractivity contribution in [3.8, 4) is 0 Å². The maximum absolute atomic E-state index is 9.01. The number of hydrogen-bond acceptors (Lipinski definition) is 6. The van der Waals surface area contributed by atoms with Gasteiger partial charge in [0, 0.05) is 17.1 Å². The summed E-state index contributed by atoms with van der Waals surface area (Å²) in [6.45, 7) is -1.78. The molecule has 0 aliphatic heterocycles. The Labute approximate surface area is 72.9 Å². The molecular formula is C4H6CuO6-2. The van der Waals surface area contributed by atoms with Crippen LogP contribution in [0.15, 0.2) is 0 Å². The van der Waals surface area contributed by atoms with E-state index in [9.17, 15) is 0 Å². The number of carboxylic acid groups (broad SMARTS) is 2. The molecule has 0 spiro atoms. The van der Waals surface area contributed by atoms with Crippen LogP contribution in [-0.4, -0.2) is 35.4 Å². The van der Waals surface area contributed by atoms with Crippen LogP contribution in [0.5, 0.6) is 0 Å². The fourth-order valence-electron chi connectivity index (χ4n) is 0. The molecular weight excluding hydrogens is 208 g/mol. The van der Waals surface area contributed by atoms with E-state index in [1.165, 1.54) is 0 Å². The molecule has 7 heteroatoms. The first-order chi connectivity index (χ1) is 4.54. The van der Waals surface area contributed by atoms with Gasteiger partial charge < -0.3 is 30.0 Å². The first-order valence-electron chi connectivity index (χ1n) is 2.16. The van der Waals surface area contributed by atoms with Gasteiger partial charge in [0.2, 0.25) is 0 Å². The van der Waals surface area contributed by atoms with Crippen LogP contribution < -0.4 is 10.2 Å². The molecule has 0 saturated heterocycles. The van der Waals surface area contributed by atoms with Gasteiger partial charge in [0.05, 0.1) is 25.2 Å².